The summed E-state index contributed by atoms with van der Waals surface area (Å²) in [5.74, 6) is -0.104. The Morgan fingerprint density at radius 1 is 1.07 bits per heavy atom. The molecule has 1 aliphatic rings. The number of rotatable bonds is 7. The summed E-state index contributed by atoms with van der Waals surface area (Å²) in [6.07, 6.45) is 4.71. The van der Waals surface area contributed by atoms with E-state index in [9.17, 15) is 9.59 Å². The molecule has 144 valence electrons. The second-order valence-corrected chi connectivity index (χ2v) is 6.58. The molecule has 1 aliphatic heterocycles. The zero-order chi connectivity index (χ0) is 19.1. The SMILES string of the molecule is Cn1cc(CCC(=O)Nc2ccc(NC(=O)CN3CCOCC3)cc2)cn1. The topological polar surface area (TPSA) is 88.5 Å². The van der Waals surface area contributed by atoms with Gasteiger partial charge in [-0.15, -0.1) is 0 Å². The van der Waals surface area contributed by atoms with Crippen LogP contribution in [0.15, 0.2) is 36.7 Å². The van der Waals surface area contributed by atoms with Crippen LogP contribution in [0.3, 0.4) is 0 Å². The summed E-state index contributed by atoms with van der Waals surface area (Å²) >= 11 is 0. The molecule has 1 aromatic heterocycles. The first-order valence-corrected chi connectivity index (χ1v) is 9.06. The molecule has 2 heterocycles. The van der Waals surface area contributed by atoms with E-state index in [4.69, 9.17) is 4.74 Å². The average Bonchev–Trinajstić information content (AvgIpc) is 3.08. The summed E-state index contributed by atoms with van der Waals surface area (Å²) in [6.45, 7) is 3.25. The maximum Gasteiger partial charge on any atom is 0.238 e. The Bertz CT molecular complexity index is 766. The molecular formula is C19H25N5O3. The summed E-state index contributed by atoms with van der Waals surface area (Å²) in [4.78, 5) is 26.2. The number of morpholine rings is 1. The molecule has 1 fully saturated rings. The molecule has 0 spiro atoms. The summed E-state index contributed by atoms with van der Waals surface area (Å²) < 4.78 is 7.00. The van der Waals surface area contributed by atoms with Crippen LogP contribution in [0.4, 0.5) is 11.4 Å². The first-order chi connectivity index (χ1) is 13.1. The van der Waals surface area contributed by atoms with Gasteiger partial charge in [0.05, 0.1) is 26.0 Å². The van der Waals surface area contributed by atoms with E-state index in [1.165, 1.54) is 0 Å². The largest absolute Gasteiger partial charge is 0.379 e. The van der Waals surface area contributed by atoms with Crippen LogP contribution in [0.2, 0.25) is 0 Å². The van der Waals surface area contributed by atoms with E-state index in [1.807, 2.05) is 13.2 Å². The lowest BCUT2D eigenvalue weighted by Gasteiger charge is -2.25. The molecule has 2 aromatic rings. The van der Waals surface area contributed by atoms with Crippen LogP contribution in [-0.4, -0.2) is 59.3 Å². The number of ether oxygens (including phenoxy) is 1. The van der Waals surface area contributed by atoms with Gasteiger partial charge in [-0.1, -0.05) is 0 Å². The van der Waals surface area contributed by atoms with Gasteiger partial charge in [-0.25, -0.2) is 0 Å². The number of benzene rings is 1. The number of aryl methyl sites for hydroxylation is 2. The molecule has 0 atom stereocenters. The maximum absolute atomic E-state index is 12.1. The number of hydrogen-bond donors (Lipinski definition) is 2. The van der Waals surface area contributed by atoms with Crippen molar-refractivity contribution in [1.82, 2.24) is 14.7 Å². The molecule has 8 nitrogen and oxygen atoms in total. The number of hydrogen-bond acceptors (Lipinski definition) is 5. The monoisotopic (exact) mass is 371 g/mol. The fourth-order valence-electron chi connectivity index (χ4n) is 2.88. The van der Waals surface area contributed by atoms with Crippen molar-refractivity contribution in [3.63, 3.8) is 0 Å². The van der Waals surface area contributed by atoms with Gasteiger partial charge in [-0.3, -0.25) is 19.2 Å². The minimum atomic E-state index is -0.0528. The van der Waals surface area contributed by atoms with Gasteiger partial charge in [0.2, 0.25) is 11.8 Å². The minimum absolute atomic E-state index is 0.0508. The molecule has 0 bridgehead atoms. The van der Waals surface area contributed by atoms with Crippen LogP contribution in [0.1, 0.15) is 12.0 Å². The third-order valence-corrected chi connectivity index (χ3v) is 4.32. The molecule has 3 rings (SSSR count). The number of nitrogens with zero attached hydrogens (tertiary/aromatic N) is 3. The summed E-state index contributed by atoms with van der Waals surface area (Å²) in [5, 5.41) is 9.83. The van der Waals surface area contributed by atoms with E-state index in [0.29, 0.717) is 44.0 Å². The standard InChI is InChI=1S/C19H25N5O3/c1-23-13-15(12-20-23)2-7-18(25)21-16-3-5-17(6-4-16)22-19(26)14-24-8-10-27-11-9-24/h3-6,12-13H,2,7-11,14H2,1H3,(H,21,25)(H,22,26). The van der Waals surface area contributed by atoms with Crippen molar-refractivity contribution in [3.8, 4) is 0 Å². The van der Waals surface area contributed by atoms with Crippen molar-refractivity contribution in [1.29, 1.82) is 0 Å². The van der Waals surface area contributed by atoms with Gasteiger partial charge >= 0.3 is 0 Å². The molecule has 27 heavy (non-hydrogen) atoms. The number of aromatic nitrogens is 2. The highest BCUT2D eigenvalue weighted by molar-refractivity contribution is 5.93. The summed E-state index contributed by atoms with van der Waals surface area (Å²) in [6, 6.07) is 7.14. The second kappa shape index (κ2) is 9.29. The molecule has 0 unspecified atom stereocenters. The van der Waals surface area contributed by atoms with Crippen LogP contribution in [0.5, 0.6) is 0 Å². The van der Waals surface area contributed by atoms with Gasteiger partial charge in [0.15, 0.2) is 0 Å². The molecule has 0 saturated carbocycles. The van der Waals surface area contributed by atoms with Crippen molar-refractivity contribution in [3.05, 3.63) is 42.2 Å². The third kappa shape index (κ3) is 6.19. The van der Waals surface area contributed by atoms with E-state index >= 15 is 0 Å². The Labute approximate surface area is 158 Å². The maximum atomic E-state index is 12.1. The third-order valence-electron chi connectivity index (χ3n) is 4.32. The normalized spacial score (nSPS) is 14.7. The zero-order valence-corrected chi connectivity index (χ0v) is 15.5. The van der Waals surface area contributed by atoms with Gasteiger partial charge in [-0.2, -0.15) is 5.10 Å². The van der Waals surface area contributed by atoms with Crippen LogP contribution in [0, 0.1) is 0 Å². The van der Waals surface area contributed by atoms with Crippen LogP contribution < -0.4 is 10.6 Å². The van der Waals surface area contributed by atoms with Gasteiger partial charge in [0.1, 0.15) is 0 Å². The van der Waals surface area contributed by atoms with Gasteiger partial charge in [-0.05, 0) is 36.2 Å². The van der Waals surface area contributed by atoms with Crippen LogP contribution in [0.25, 0.3) is 0 Å². The lowest BCUT2D eigenvalue weighted by atomic mass is 10.2. The van der Waals surface area contributed by atoms with E-state index in [-0.39, 0.29) is 11.8 Å². The van der Waals surface area contributed by atoms with Crippen LogP contribution in [-0.2, 0) is 27.8 Å². The fourth-order valence-corrected chi connectivity index (χ4v) is 2.88. The summed E-state index contributed by atoms with van der Waals surface area (Å²) in [5.41, 5.74) is 2.45. The van der Waals surface area contributed by atoms with Gasteiger partial charge < -0.3 is 15.4 Å². The van der Waals surface area contributed by atoms with Gasteiger partial charge in [0.25, 0.3) is 0 Å². The van der Waals surface area contributed by atoms with Crippen molar-refractivity contribution >= 4 is 23.2 Å². The molecule has 1 aromatic carbocycles. The minimum Gasteiger partial charge on any atom is -0.379 e. The Hall–Kier alpha value is -2.71. The molecule has 1 saturated heterocycles. The molecule has 0 aliphatic carbocycles. The molecule has 2 amide bonds. The highest BCUT2D eigenvalue weighted by Crippen LogP contribution is 2.14. The zero-order valence-electron chi connectivity index (χ0n) is 15.5. The van der Waals surface area contributed by atoms with Crippen molar-refractivity contribution in [2.75, 3.05) is 43.5 Å². The first kappa shape index (κ1) is 19.1. The number of nitrogens with one attached hydrogen (secondary N) is 2. The Morgan fingerprint density at radius 3 is 2.30 bits per heavy atom. The molecule has 0 radical (unpaired) electrons. The number of carbonyl (C=O) groups is 2. The Morgan fingerprint density at radius 2 is 1.70 bits per heavy atom. The smallest absolute Gasteiger partial charge is 0.238 e. The van der Waals surface area contributed by atoms with E-state index in [0.717, 1.165) is 18.7 Å². The lowest BCUT2D eigenvalue weighted by molar-refractivity contribution is -0.118. The van der Waals surface area contributed by atoms with E-state index in [2.05, 4.69) is 20.6 Å². The average molecular weight is 371 g/mol. The predicted octanol–water partition coefficient (Wildman–Crippen LogP) is 1.26. The number of anilines is 2. The molecular weight excluding hydrogens is 346 g/mol. The number of amides is 2. The lowest BCUT2D eigenvalue weighted by Crippen LogP contribution is -2.41. The predicted molar refractivity (Wildman–Crippen MR) is 102 cm³/mol. The Balaban J connectivity index is 1.42. The van der Waals surface area contributed by atoms with Crippen molar-refractivity contribution in [2.24, 2.45) is 7.05 Å². The highest BCUT2D eigenvalue weighted by atomic mass is 16.5. The van der Waals surface area contributed by atoms with Crippen molar-refractivity contribution in [2.45, 2.75) is 12.8 Å². The van der Waals surface area contributed by atoms with Crippen LogP contribution >= 0.6 is 0 Å². The van der Waals surface area contributed by atoms with Gasteiger partial charge in [0, 0.05) is 44.1 Å². The quantitative estimate of drug-likeness (QED) is 0.765. The Kier molecular flexibility index (Phi) is 6.56. The first-order valence-electron chi connectivity index (χ1n) is 9.06. The number of carbonyl (C=O) groups excluding carboxylic acids is 2. The van der Waals surface area contributed by atoms with E-state index in [1.54, 1.807) is 35.1 Å². The molecule has 2 N–H and O–H groups in total. The van der Waals surface area contributed by atoms with E-state index < -0.39 is 0 Å². The second-order valence-electron chi connectivity index (χ2n) is 6.58. The summed E-state index contributed by atoms with van der Waals surface area (Å²) in [7, 11) is 1.85. The molecule has 8 heteroatoms. The van der Waals surface area contributed by atoms with Crippen molar-refractivity contribution < 1.29 is 14.3 Å². The highest BCUT2D eigenvalue weighted by Gasteiger charge is 2.14. The fraction of sp³-hybridized carbons (Fsp3) is 0.421.